The van der Waals surface area contributed by atoms with E-state index < -0.39 is 10.0 Å². The summed E-state index contributed by atoms with van der Waals surface area (Å²) in [5, 5.41) is 3.00. The van der Waals surface area contributed by atoms with Crippen molar-refractivity contribution in [2.75, 3.05) is 10.0 Å². The Balaban J connectivity index is 1.65. The van der Waals surface area contributed by atoms with Crippen LogP contribution in [0.25, 0.3) is 0 Å². The first-order valence-corrected chi connectivity index (χ1v) is 12.3. The van der Waals surface area contributed by atoms with E-state index in [1.165, 1.54) is 23.9 Å². The van der Waals surface area contributed by atoms with Gasteiger partial charge in [-0.2, -0.15) is 0 Å². The van der Waals surface area contributed by atoms with Crippen LogP contribution < -0.4 is 10.0 Å². The van der Waals surface area contributed by atoms with Gasteiger partial charge in [0.2, 0.25) is 5.91 Å². The van der Waals surface area contributed by atoms with E-state index >= 15 is 0 Å². The predicted molar refractivity (Wildman–Crippen MR) is 129 cm³/mol. The molecule has 31 heavy (non-hydrogen) atoms. The van der Waals surface area contributed by atoms with Crippen molar-refractivity contribution in [3.8, 4) is 0 Å². The van der Waals surface area contributed by atoms with Crippen molar-refractivity contribution < 1.29 is 13.2 Å². The first-order valence-electron chi connectivity index (χ1n) is 9.58. The first kappa shape index (κ1) is 23.2. The number of amides is 1. The second kappa shape index (κ2) is 9.77. The number of carbonyl (C=O) groups is 1. The molecular formula is C23H23ClN2O3S2. The standard InChI is InChI=1S/C23H23ClN2O3S2/c1-15-7-11-19(12-8-15)30-17(3)23(27)25-18-9-13-20(14-10-18)31(28,29)26-22-6-4-5-21(24)16(22)2/h4-14,17,26H,1-3H3,(H,25,27)/t17-/m0/s1. The molecule has 0 bridgehead atoms. The summed E-state index contributed by atoms with van der Waals surface area (Å²) in [6.07, 6.45) is 0. The van der Waals surface area contributed by atoms with E-state index in [0.717, 1.165) is 10.5 Å². The van der Waals surface area contributed by atoms with Crippen molar-refractivity contribution in [3.05, 3.63) is 82.9 Å². The summed E-state index contributed by atoms with van der Waals surface area (Å²) in [5.41, 5.74) is 2.76. The lowest BCUT2D eigenvalue weighted by molar-refractivity contribution is -0.115. The Morgan fingerprint density at radius 3 is 2.26 bits per heavy atom. The zero-order valence-electron chi connectivity index (χ0n) is 17.3. The van der Waals surface area contributed by atoms with Crippen LogP contribution in [-0.2, 0) is 14.8 Å². The highest BCUT2D eigenvalue weighted by molar-refractivity contribution is 8.00. The molecule has 0 aliphatic rings. The molecule has 3 rings (SSSR count). The van der Waals surface area contributed by atoms with E-state index in [-0.39, 0.29) is 16.1 Å². The molecule has 8 heteroatoms. The second-order valence-corrected chi connectivity index (χ2v) is 10.6. The lowest BCUT2D eigenvalue weighted by atomic mass is 10.2. The fraction of sp³-hybridized carbons (Fsp3) is 0.174. The van der Waals surface area contributed by atoms with Crippen molar-refractivity contribution in [3.63, 3.8) is 0 Å². The molecule has 3 aromatic carbocycles. The van der Waals surface area contributed by atoms with Crippen LogP contribution in [0.2, 0.25) is 5.02 Å². The van der Waals surface area contributed by atoms with Crippen molar-refractivity contribution in [2.24, 2.45) is 0 Å². The summed E-state index contributed by atoms with van der Waals surface area (Å²) >= 11 is 7.53. The largest absolute Gasteiger partial charge is 0.325 e. The SMILES string of the molecule is Cc1ccc(S[C@@H](C)C(=O)Nc2ccc(S(=O)(=O)Nc3cccc(Cl)c3C)cc2)cc1. The third kappa shape index (κ3) is 6.03. The molecule has 0 unspecified atom stereocenters. The second-order valence-electron chi connectivity index (χ2n) is 7.10. The number of hydrogen-bond acceptors (Lipinski definition) is 4. The molecule has 0 saturated heterocycles. The number of hydrogen-bond donors (Lipinski definition) is 2. The normalized spacial score (nSPS) is 12.3. The van der Waals surface area contributed by atoms with E-state index in [2.05, 4.69) is 10.0 Å². The summed E-state index contributed by atoms with van der Waals surface area (Å²) in [6, 6.07) is 19.1. The molecule has 0 saturated carbocycles. The van der Waals surface area contributed by atoms with Crippen LogP contribution in [0.3, 0.4) is 0 Å². The van der Waals surface area contributed by atoms with E-state index in [0.29, 0.717) is 22.0 Å². The number of nitrogens with one attached hydrogen (secondary N) is 2. The van der Waals surface area contributed by atoms with E-state index in [4.69, 9.17) is 11.6 Å². The average molecular weight is 475 g/mol. The van der Waals surface area contributed by atoms with Gasteiger partial charge >= 0.3 is 0 Å². The zero-order valence-corrected chi connectivity index (χ0v) is 19.7. The topological polar surface area (TPSA) is 75.3 Å². The highest BCUT2D eigenvalue weighted by atomic mass is 35.5. The molecule has 2 N–H and O–H groups in total. The Hall–Kier alpha value is -2.48. The maximum atomic E-state index is 12.7. The number of halogens is 1. The molecule has 1 atom stereocenters. The Labute approximate surface area is 192 Å². The van der Waals surface area contributed by atoms with Crippen LogP contribution in [0, 0.1) is 13.8 Å². The van der Waals surface area contributed by atoms with Gasteiger partial charge in [0, 0.05) is 15.6 Å². The van der Waals surface area contributed by atoms with Crippen molar-refractivity contribution in [1.29, 1.82) is 0 Å². The lowest BCUT2D eigenvalue weighted by Crippen LogP contribution is -2.22. The van der Waals surface area contributed by atoms with E-state index in [1.54, 1.807) is 37.3 Å². The molecule has 0 fully saturated rings. The molecule has 1 amide bonds. The molecule has 0 spiro atoms. The maximum absolute atomic E-state index is 12.7. The minimum atomic E-state index is -3.78. The molecule has 0 radical (unpaired) electrons. The number of rotatable bonds is 7. The fourth-order valence-electron chi connectivity index (χ4n) is 2.76. The van der Waals surface area contributed by atoms with Crippen LogP contribution in [0.4, 0.5) is 11.4 Å². The van der Waals surface area contributed by atoms with Crippen molar-refractivity contribution in [2.45, 2.75) is 35.8 Å². The van der Waals surface area contributed by atoms with Gasteiger partial charge in [0.15, 0.2) is 0 Å². The van der Waals surface area contributed by atoms with Gasteiger partial charge in [0.05, 0.1) is 15.8 Å². The van der Waals surface area contributed by atoms with Gasteiger partial charge in [-0.25, -0.2) is 8.42 Å². The van der Waals surface area contributed by atoms with Crippen molar-refractivity contribution >= 4 is 50.7 Å². The zero-order chi connectivity index (χ0) is 22.6. The van der Waals surface area contributed by atoms with E-state index in [1.807, 2.05) is 38.1 Å². The van der Waals surface area contributed by atoms with Gasteiger partial charge < -0.3 is 5.32 Å². The summed E-state index contributed by atoms with van der Waals surface area (Å²) < 4.78 is 27.9. The van der Waals surface area contributed by atoms with Gasteiger partial charge in [0.1, 0.15) is 0 Å². The van der Waals surface area contributed by atoms with Crippen LogP contribution in [0.5, 0.6) is 0 Å². The van der Waals surface area contributed by atoms with E-state index in [9.17, 15) is 13.2 Å². The van der Waals surface area contributed by atoms with Crippen LogP contribution in [0.1, 0.15) is 18.1 Å². The number of anilines is 2. The number of carbonyl (C=O) groups excluding carboxylic acids is 1. The molecule has 162 valence electrons. The van der Waals surface area contributed by atoms with Gasteiger partial charge in [-0.15, -0.1) is 11.8 Å². The summed E-state index contributed by atoms with van der Waals surface area (Å²) in [6.45, 7) is 5.59. The molecule has 0 aliphatic heterocycles. The predicted octanol–water partition coefficient (Wildman–Crippen LogP) is 5.88. The van der Waals surface area contributed by atoms with Crippen LogP contribution in [-0.4, -0.2) is 19.6 Å². The Bertz CT molecular complexity index is 1180. The Morgan fingerprint density at radius 2 is 1.61 bits per heavy atom. The lowest BCUT2D eigenvalue weighted by Gasteiger charge is -2.14. The first-order chi connectivity index (χ1) is 14.7. The molecular weight excluding hydrogens is 452 g/mol. The minimum absolute atomic E-state index is 0.0898. The number of benzene rings is 3. The molecule has 0 heterocycles. The molecule has 3 aromatic rings. The van der Waals surface area contributed by atoms with Gasteiger partial charge in [-0.3, -0.25) is 9.52 Å². The molecule has 0 aliphatic carbocycles. The summed E-state index contributed by atoms with van der Waals surface area (Å²) in [7, 11) is -3.78. The summed E-state index contributed by atoms with van der Waals surface area (Å²) in [5.74, 6) is -0.158. The smallest absolute Gasteiger partial charge is 0.261 e. The Morgan fingerprint density at radius 1 is 0.968 bits per heavy atom. The Kier molecular flexibility index (Phi) is 7.30. The van der Waals surface area contributed by atoms with Gasteiger partial charge in [-0.1, -0.05) is 35.4 Å². The third-order valence-corrected chi connectivity index (χ3v) is 7.55. The quantitative estimate of drug-likeness (QED) is 0.419. The number of aryl methyl sites for hydroxylation is 1. The molecule has 0 aromatic heterocycles. The number of sulfonamides is 1. The van der Waals surface area contributed by atoms with Crippen LogP contribution in [0.15, 0.2) is 76.5 Å². The fourth-order valence-corrected chi connectivity index (χ4v) is 4.92. The maximum Gasteiger partial charge on any atom is 0.261 e. The molecule has 5 nitrogen and oxygen atoms in total. The van der Waals surface area contributed by atoms with Gasteiger partial charge in [-0.05, 0) is 74.9 Å². The number of thioether (sulfide) groups is 1. The monoisotopic (exact) mass is 474 g/mol. The summed E-state index contributed by atoms with van der Waals surface area (Å²) in [4.78, 5) is 13.6. The minimum Gasteiger partial charge on any atom is -0.325 e. The van der Waals surface area contributed by atoms with Gasteiger partial charge in [0.25, 0.3) is 10.0 Å². The van der Waals surface area contributed by atoms with Crippen molar-refractivity contribution in [1.82, 2.24) is 0 Å². The average Bonchev–Trinajstić information content (AvgIpc) is 2.73. The highest BCUT2D eigenvalue weighted by Crippen LogP contribution is 2.27. The third-order valence-electron chi connectivity index (χ3n) is 4.65. The van der Waals surface area contributed by atoms with Crippen LogP contribution >= 0.6 is 23.4 Å². The highest BCUT2D eigenvalue weighted by Gasteiger charge is 2.18.